The maximum atomic E-state index is 12.3. The van der Waals surface area contributed by atoms with Gasteiger partial charge in [0.2, 0.25) is 5.91 Å². The van der Waals surface area contributed by atoms with E-state index in [9.17, 15) is 9.59 Å². The monoisotopic (exact) mass is 255 g/mol. The van der Waals surface area contributed by atoms with Crippen LogP contribution in [0.3, 0.4) is 0 Å². The first kappa shape index (κ1) is 13.3. The third-order valence-electron chi connectivity index (χ3n) is 4.03. The lowest BCUT2D eigenvalue weighted by atomic mass is 9.94. The molecule has 0 saturated carbocycles. The van der Waals surface area contributed by atoms with Gasteiger partial charge in [-0.05, 0) is 26.2 Å². The summed E-state index contributed by atoms with van der Waals surface area (Å²) in [6, 6.07) is 0. The molecule has 2 heterocycles. The van der Waals surface area contributed by atoms with E-state index in [0.717, 1.165) is 6.42 Å². The van der Waals surface area contributed by atoms with Gasteiger partial charge in [0.25, 0.3) is 0 Å². The Kier molecular flexibility index (Phi) is 4.22. The number of piperidine rings is 1. The Morgan fingerprint density at radius 3 is 2.39 bits per heavy atom. The van der Waals surface area contributed by atoms with Crippen molar-refractivity contribution in [1.82, 2.24) is 4.90 Å². The van der Waals surface area contributed by atoms with Crippen LogP contribution in [0.1, 0.15) is 26.2 Å². The van der Waals surface area contributed by atoms with Crippen LogP contribution in [-0.2, 0) is 19.1 Å². The summed E-state index contributed by atoms with van der Waals surface area (Å²) in [5.41, 5.74) is 0. The average Bonchev–Trinajstić information content (AvgIpc) is 2.83. The minimum absolute atomic E-state index is 0.000299. The first-order valence-electron chi connectivity index (χ1n) is 6.61. The van der Waals surface area contributed by atoms with Crippen LogP contribution in [0, 0.1) is 11.8 Å². The summed E-state index contributed by atoms with van der Waals surface area (Å²) in [4.78, 5) is 25.6. The molecule has 2 saturated heterocycles. The van der Waals surface area contributed by atoms with Crippen LogP contribution in [0.15, 0.2) is 0 Å². The van der Waals surface area contributed by atoms with Gasteiger partial charge >= 0.3 is 5.97 Å². The third-order valence-corrected chi connectivity index (χ3v) is 4.03. The van der Waals surface area contributed by atoms with Gasteiger partial charge in [0.15, 0.2) is 0 Å². The minimum Gasteiger partial charge on any atom is -0.469 e. The fraction of sp³-hybridized carbons (Fsp3) is 0.846. The Morgan fingerprint density at radius 2 is 1.89 bits per heavy atom. The van der Waals surface area contributed by atoms with E-state index in [1.165, 1.54) is 7.11 Å². The SMILES string of the molecule is COC(=O)C1CCN(C(=O)C2CCOC2C)CC1. The molecule has 102 valence electrons. The number of carbonyl (C=O) groups excluding carboxylic acids is 2. The lowest BCUT2D eigenvalue weighted by Gasteiger charge is -2.33. The van der Waals surface area contributed by atoms with Crippen LogP contribution >= 0.6 is 0 Å². The molecule has 2 rings (SSSR count). The number of methoxy groups -OCH3 is 1. The Hall–Kier alpha value is -1.10. The third kappa shape index (κ3) is 2.66. The minimum atomic E-state index is -0.153. The van der Waals surface area contributed by atoms with E-state index in [2.05, 4.69) is 0 Å². The number of nitrogens with zero attached hydrogens (tertiary/aromatic N) is 1. The van der Waals surface area contributed by atoms with Crippen molar-refractivity contribution in [2.45, 2.75) is 32.3 Å². The zero-order chi connectivity index (χ0) is 13.1. The number of likely N-dealkylation sites (tertiary alicyclic amines) is 1. The zero-order valence-corrected chi connectivity index (χ0v) is 11.1. The molecule has 2 unspecified atom stereocenters. The smallest absolute Gasteiger partial charge is 0.308 e. The highest BCUT2D eigenvalue weighted by Gasteiger charge is 2.36. The standard InChI is InChI=1S/C13H21NO4/c1-9-11(5-8-18-9)12(15)14-6-3-10(4-7-14)13(16)17-2/h9-11H,3-8H2,1-2H3. The maximum Gasteiger partial charge on any atom is 0.308 e. The predicted molar refractivity (Wildman–Crippen MR) is 64.8 cm³/mol. The van der Waals surface area contributed by atoms with Crippen molar-refractivity contribution in [3.63, 3.8) is 0 Å². The van der Waals surface area contributed by atoms with Gasteiger partial charge in [-0.2, -0.15) is 0 Å². The van der Waals surface area contributed by atoms with Crippen LogP contribution < -0.4 is 0 Å². The molecule has 0 bridgehead atoms. The number of esters is 1. The van der Waals surface area contributed by atoms with Gasteiger partial charge in [0, 0.05) is 19.7 Å². The van der Waals surface area contributed by atoms with Crippen molar-refractivity contribution in [2.24, 2.45) is 11.8 Å². The number of carbonyl (C=O) groups is 2. The maximum absolute atomic E-state index is 12.3. The van der Waals surface area contributed by atoms with Crippen LogP contribution in [0.2, 0.25) is 0 Å². The molecule has 2 aliphatic rings. The Balaban J connectivity index is 1.86. The Bertz CT molecular complexity index is 323. The number of amides is 1. The number of rotatable bonds is 2. The van der Waals surface area contributed by atoms with Gasteiger partial charge in [0.1, 0.15) is 0 Å². The van der Waals surface area contributed by atoms with E-state index >= 15 is 0 Å². The van der Waals surface area contributed by atoms with E-state index in [1.807, 2.05) is 11.8 Å². The molecule has 0 aliphatic carbocycles. The van der Waals surface area contributed by atoms with E-state index in [-0.39, 0.29) is 29.8 Å². The lowest BCUT2D eigenvalue weighted by Crippen LogP contribution is -2.44. The normalized spacial score (nSPS) is 29.3. The number of hydrogen-bond acceptors (Lipinski definition) is 4. The highest BCUT2D eigenvalue weighted by Crippen LogP contribution is 2.26. The van der Waals surface area contributed by atoms with Gasteiger partial charge in [-0.15, -0.1) is 0 Å². The summed E-state index contributed by atoms with van der Waals surface area (Å²) in [5, 5.41) is 0. The summed E-state index contributed by atoms with van der Waals surface area (Å²) in [6.45, 7) is 3.94. The molecule has 5 heteroatoms. The molecule has 0 aromatic heterocycles. The van der Waals surface area contributed by atoms with Crippen LogP contribution in [0.5, 0.6) is 0 Å². The second-order valence-electron chi connectivity index (χ2n) is 5.09. The highest BCUT2D eigenvalue weighted by molar-refractivity contribution is 5.80. The molecule has 2 fully saturated rings. The van der Waals surface area contributed by atoms with Crippen molar-refractivity contribution < 1.29 is 19.1 Å². The number of hydrogen-bond donors (Lipinski definition) is 0. The lowest BCUT2D eigenvalue weighted by molar-refractivity contribution is -0.150. The molecular formula is C13H21NO4. The van der Waals surface area contributed by atoms with Gasteiger partial charge < -0.3 is 14.4 Å². The van der Waals surface area contributed by atoms with Gasteiger partial charge in [0.05, 0.1) is 25.0 Å². The molecule has 0 radical (unpaired) electrons. The molecule has 0 N–H and O–H groups in total. The van der Waals surface area contributed by atoms with E-state index in [1.54, 1.807) is 0 Å². The first-order chi connectivity index (χ1) is 8.63. The Labute approximate surface area is 107 Å². The molecule has 18 heavy (non-hydrogen) atoms. The molecule has 2 aliphatic heterocycles. The molecular weight excluding hydrogens is 234 g/mol. The molecule has 0 spiro atoms. The molecule has 1 amide bonds. The predicted octanol–water partition coefficient (Wildman–Crippen LogP) is 0.823. The largest absolute Gasteiger partial charge is 0.469 e. The summed E-state index contributed by atoms with van der Waals surface area (Å²) >= 11 is 0. The Morgan fingerprint density at radius 1 is 1.22 bits per heavy atom. The van der Waals surface area contributed by atoms with Crippen molar-refractivity contribution in [3.05, 3.63) is 0 Å². The highest BCUT2D eigenvalue weighted by atomic mass is 16.5. The van der Waals surface area contributed by atoms with Gasteiger partial charge in [-0.1, -0.05) is 0 Å². The molecule has 0 aromatic rings. The molecule has 0 aromatic carbocycles. The van der Waals surface area contributed by atoms with Gasteiger partial charge in [-0.25, -0.2) is 0 Å². The van der Waals surface area contributed by atoms with Gasteiger partial charge in [-0.3, -0.25) is 9.59 Å². The fourth-order valence-electron chi connectivity index (χ4n) is 2.79. The topological polar surface area (TPSA) is 55.8 Å². The van der Waals surface area contributed by atoms with Crippen LogP contribution in [-0.4, -0.2) is 49.7 Å². The van der Waals surface area contributed by atoms with E-state index in [4.69, 9.17) is 9.47 Å². The van der Waals surface area contributed by atoms with E-state index in [0.29, 0.717) is 32.5 Å². The summed E-state index contributed by atoms with van der Waals surface area (Å²) < 4.78 is 10.2. The second kappa shape index (κ2) is 5.69. The zero-order valence-electron chi connectivity index (χ0n) is 11.1. The quantitative estimate of drug-likeness (QED) is 0.686. The molecule has 2 atom stereocenters. The summed E-state index contributed by atoms with van der Waals surface area (Å²) in [7, 11) is 1.41. The van der Waals surface area contributed by atoms with Crippen molar-refractivity contribution in [1.29, 1.82) is 0 Å². The summed E-state index contributed by atoms with van der Waals surface area (Å²) in [6.07, 6.45) is 2.26. The molecule has 5 nitrogen and oxygen atoms in total. The summed E-state index contributed by atoms with van der Waals surface area (Å²) in [5.74, 6) is -0.0149. The average molecular weight is 255 g/mol. The van der Waals surface area contributed by atoms with Crippen LogP contribution in [0.25, 0.3) is 0 Å². The first-order valence-corrected chi connectivity index (χ1v) is 6.61. The van der Waals surface area contributed by atoms with Crippen LogP contribution in [0.4, 0.5) is 0 Å². The van der Waals surface area contributed by atoms with Crippen molar-refractivity contribution >= 4 is 11.9 Å². The van der Waals surface area contributed by atoms with E-state index < -0.39 is 0 Å². The number of ether oxygens (including phenoxy) is 2. The van der Waals surface area contributed by atoms with Crippen molar-refractivity contribution in [3.8, 4) is 0 Å². The fourth-order valence-corrected chi connectivity index (χ4v) is 2.79. The second-order valence-corrected chi connectivity index (χ2v) is 5.09. The van der Waals surface area contributed by atoms with Crippen molar-refractivity contribution in [2.75, 3.05) is 26.8 Å².